The average Bonchev–Trinajstić information content (AvgIpc) is 3.56. The van der Waals surface area contributed by atoms with Crippen molar-refractivity contribution in [1.82, 2.24) is 24.9 Å². The van der Waals surface area contributed by atoms with E-state index < -0.39 is 5.54 Å². The summed E-state index contributed by atoms with van der Waals surface area (Å²) in [4.78, 5) is 48.0. The van der Waals surface area contributed by atoms with E-state index in [9.17, 15) is 14.4 Å². The van der Waals surface area contributed by atoms with Gasteiger partial charge in [-0.1, -0.05) is 47.5 Å². The molecule has 0 radical (unpaired) electrons. The van der Waals surface area contributed by atoms with Gasteiger partial charge in [-0.25, -0.2) is 4.79 Å². The van der Waals surface area contributed by atoms with Gasteiger partial charge in [-0.15, -0.1) is 0 Å². The number of piperidine rings is 1. The lowest BCUT2D eigenvalue weighted by atomic mass is 9.83. The second-order valence-electron chi connectivity index (χ2n) is 11.8. The van der Waals surface area contributed by atoms with Crippen LogP contribution in [0, 0.1) is 0 Å². The molecule has 3 fully saturated rings. The van der Waals surface area contributed by atoms with Crippen molar-refractivity contribution < 1.29 is 14.4 Å². The zero-order valence-corrected chi connectivity index (χ0v) is 25.9. The van der Waals surface area contributed by atoms with Crippen LogP contribution in [0.3, 0.4) is 0 Å². The Bertz CT molecular complexity index is 1260. The van der Waals surface area contributed by atoms with Gasteiger partial charge in [-0.3, -0.25) is 9.59 Å². The molecule has 4 amide bonds. The summed E-state index contributed by atoms with van der Waals surface area (Å²) in [7, 11) is 1.84. The fourth-order valence-electron chi connectivity index (χ4n) is 6.68. The lowest BCUT2D eigenvalue weighted by Crippen LogP contribution is -2.68. The van der Waals surface area contributed by atoms with Gasteiger partial charge in [0.05, 0.1) is 10.0 Å². The summed E-state index contributed by atoms with van der Waals surface area (Å²) in [5, 5.41) is 3.97. The van der Waals surface area contributed by atoms with Crippen molar-refractivity contribution in [3.63, 3.8) is 0 Å². The zero-order valence-electron chi connectivity index (χ0n) is 24.4. The first kappa shape index (κ1) is 30.6. The molecule has 3 saturated heterocycles. The quantitative estimate of drug-likeness (QED) is 0.426. The molecule has 10 heteroatoms. The van der Waals surface area contributed by atoms with Crippen LogP contribution in [0.4, 0.5) is 4.79 Å². The number of benzene rings is 2. The normalized spacial score (nSPS) is 19.8. The van der Waals surface area contributed by atoms with Gasteiger partial charge in [0.2, 0.25) is 5.91 Å². The molecule has 5 rings (SSSR count). The third kappa shape index (κ3) is 6.71. The largest absolute Gasteiger partial charge is 0.341 e. The highest BCUT2D eigenvalue weighted by Crippen LogP contribution is 2.35. The number of amides is 4. The summed E-state index contributed by atoms with van der Waals surface area (Å²) in [5.74, 6) is 0.137. The Morgan fingerprint density at radius 1 is 0.952 bits per heavy atom. The van der Waals surface area contributed by atoms with E-state index in [0.29, 0.717) is 48.1 Å². The Labute approximate surface area is 258 Å². The molecular weight excluding hydrogens is 573 g/mol. The highest BCUT2D eigenvalue weighted by molar-refractivity contribution is 6.42. The minimum Gasteiger partial charge on any atom is -0.341 e. The third-order valence-electron chi connectivity index (χ3n) is 9.14. The standard InChI is InChI=1S/C32H41Cl2N5O3/c1-36(29(40)24-8-3-2-4-9-24)23-26(25-10-11-27(33)28(34)22-25)12-19-37-20-13-32(14-21-37,30(41)38-16-5-6-17-38)39-18-7-15-35-31(39)42/h2-4,8-11,22,26H,5-7,12-21,23H2,1H3,(H,35,42)/t26-/m1/s1. The molecule has 0 saturated carbocycles. The van der Waals surface area contributed by atoms with Crippen molar-refractivity contribution in [2.75, 3.05) is 59.4 Å². The number of halogens is 2. The zero-order chi connectivity index (χ0) is 29.7. The van der Waals surface area contributed by atoms with Crippen LogP contribution in [0.1, 0.15) is 60.4 Å². The first-order chi connectivity index (χ1) is 20.3. The smallest absolute Gasteiger partial charge is 0.318 e. The first-order valence-electron chi connectivity index (χ1n) is 15.1. The minimum absolute atomic E-state index is 0.0244. The molecule has 3 aliphatic heterocycles. The minimum atomic E-state index is -0.781. The van der Waals surface area contributed by atoms with Gasteiger partial charge in [0.1, 0.15) is 5.54 Å². The SMILES string of the molecule is CN(C[C@@H](CCN1CCC(C(=O)N2CCCC2)(N2CCCNC2=O)CC1)c1ccc(Cl)c(Cl)c1)C(=O)c1ccccc1. The Morgan fingerprint density at radius 3 is 2.33 bits per heavy atom. The van der Waals surface area contributed by atoms with Crippen LogP contribution in [0.15, 0.2) is 48.5 Å². The average molecular weight is 615 g/mol. The van der Waals surface area contributed by atoms with Gasteiger partial charge in [0.15, 0.2) is 0 Å². The predicted octanol–water partition coefficient (Wildman–Crippen LogP) is 5.11. The van der Waals surface area contributed by atoms with Crippen molar-refractivity contribution >= 4 is 41.0 Å². The van der Waals surface area contributed by atoms with E-state index in [4.69, 9.17) is 23.2 Å². The van der Waals surface area contributed by atoms with Crippen LogP contribution in [0.5, 0.6) is 0 Å². The van der Waals surface area contributed by atoms with Crippen molar-refractivity contribution in [1.29, 1.82) is 0 Å². The topological polar surface area (TPSA) is 76.2 Å². The number of rotatable bonds is 9. The molecule has 2 aromatic carbocycles. The Hall–Kier alpha value is -2.81. The van der Waals surface area contributed by atoms with E-state index in [0.717, 1.165) is 64.0 Å². The summed E-state index contributed by atoms with van der Waals surface area (Å²) in [6.45, 7) is 5.63. The lowest BCUT2D eigenvalue weighted by Gasteiger charge is -2.50. The first-order valence-corrected chi connectivity index (χ1v) is 15.9. The highest BCUT2D eigenvalue weighted by Gasteiger charge is 2.50. The number of hydrogen-bond acceptors (Lipinski definition) is 4. The van der Waals surface area contributed by atoms with Crippen LogP contribution < -0.4 is 5.32 Å². The van der Waals surface area contributed by atoms with Gasteiger partial charge < -0.3 is 24.9 Å². The molecule has 2 aromatic rings. The van der Waals surface area contributed by atoms with E-state index in [-0.39, 0.29) is 23.8 Å². The van der Waals surface area contributed by atoms with Gasteiger partial charge in [-0.2, -0.15) is 0 Å². The maximum atomic E-state index is 13.9. The molecule has 3 aliphatic rings. The molecule has 0 aromatic heterocycles. The van der Waals surface area contributed by atoms with Crippen LogP contribution in [-0.4, -0.2) is 102 Å². The van der Waals surface area contributed by atoms with Crippen LogP contribution in [-0.2, 0) is 4.79 Å². The van der Waals surface area contributed by atoms with E-state index in [1.54, 1.807) is 4.90 Å². The number of carbonyl (C=O) groups is 3. The molecular formula is C32H41Cl2N5O3. The van der Waals surface area contributed by atoms with Crippen LogP contribution >= 0.6 is 23.2 Å². The van der Waals surface area contributed by atoms with Crippen LogP contribution in [0.2, 0.25) is 10.0 Å². The molecule has 0 spiro atoms. The summed E-state index contributed by atoms with van der Waals surface area (Å²) >= 11 is 12.6. The molecule has 1 N–H and O–H groups in total. The van der Waals surface area contributed by atoms with Crippen molar-refractivity contribution in [2.24, 2.45) is 0 Å². The Balaban J connectivity index is 1.28. The number of nitrogens with zero attached hydrogens (tertiary/aromatic N) is 4. The number of urea groups is 1. The number of carbonyl (C=O) groups excluding carboxylic acids is 3. The summed E-state index contributed by atoms with van der Waals surface area (Å²) in [6, 6.07) is 14.9. The van der Waals surface area contributed by atoms with E-state index in [1.807, 2.05) is 65.4 Å². The maximum Gasteiger partial charge on any atom is 0.318 e. The molecule has 3 heterocycles. The van der Waals surface area contributed by atoms with Crippen molar-refractivity contribution in [2.45, 2.75) is 50.0 Å². The fraction of sp³-hybridized carbons (Fsp3) is 0.531. The van der Waals surface area contributed by atoms with Gasteiger partial charge in [0, 0.05) is 64.3 Å². The van der Waals surface area contributed by atoms with Crippen molar-refractivity contribution in [3.05, 3.63) is 69.7 Å². The summed E-state index contributed by atoms with van der Waals surface area (Å²) in [5.41, 5.74) is 0.916. The number of likely N-dealkylation sites (N-methyl/N-ethyl adjacent to an activating group) is 1. The molecule has 8 nitrogen and oxygen atoms in total. The number of nitrogens with one attached hydrogen (secondary N) is 1. The highest BCUT2D eigenvalue weighted by atomic mass is 35.5. The predicted molar refractivity (Wildman–Crippen MR) is 166 cm³/mol. The summed E-state index contributed by atoms with van der Waals surface area (Å²) < 4.78 is 0. The van der Waals surface area contributed by atoms with Gasteiger partial charge in [0.25, 0.3) is 5.91 Å². The second kappa shape index (κ2) is 13.7. The third-order valence-corrected chi connectivity index (χ3v) is 9.88. The Morgan fingerprint density at radius 2 is 1.67 bits per heavy atom. The van der Waals surface area contributed by atoms with Crippen molar-refractivity contribution in [3.8, 4) is 0 Å². The number of hydrogen-bond donors (Lipinski definition) is 1. The summed E-state index contributed by atoms with van der Waals surface area (Å²) in [6.07, 6.45) is 4.96. The maximum absolute atomic E-state index is 13.9. The second-order valence-corrected chi connectivity index (χ2v) is 12.6. The van der Waals surface area contributed by atoms with Gasteiger partial charge >= 0.3 is 6.03 Å². The Kier molecular flexibility index (Phi) is 9.96. The molecule has 0 unspecified atom stereocenters. The van der Waals surface area contributed by atoms with Crippen LogP contribution in [0.25, 0.3) is 0 Å². The molecule has 0 bridgehead atoms. The molecule has 226 valence electrons. The lowest BCUT2D eigenvalue weighted by molar-refractivity contribution is -0.145. The molecule has 0 aliphatic carbocycles. The fourth-order valence-corrected chi connectivity index (χ4v) is 6.99. The van der Waals surface area contributed by atoms with E-state index >= 15 is 0 Å². The van der Waals surface area contributed by atoms with Gasteiger partial charge in [-0.05, 0) is 74.9 Å². The van der Waals surface area contributed by atoms with E-state index in [2.05, 4.69) is 10.2 Å². The molecule has 42 heavy (non-hydrogen) atoms. The monoisotopic (exact) mass is 613 g/mol. The van der Waals surface area contributed by atoms with E-state index in [1.165, 1.54) is 0 Å². The molecule has 1 atom stereocenters. The number of likely N-dealkylation sites (tertiary alicyclic amines) is 2.